The van der Waals surface area contributed by atoms with Gasteiger partial charge in [0.25, 0.3) is 5.91 Å². The van der Waals surface area contributed by atoms with E-state index >= 15 is 0 Å². The monoisotopic (exact) mass is 385 g/mol. The second kappa shape index (κ2) is 6.21. The lowest BCUT2D eigenvalue weighted by molar-refractivity contribution is -0.127. The Morgan fingerprint density at radius 3 is 2.66 bits per heavy atom. The topological polar surface area (TPSA) is 65.2 Å². The van der Waals surface area contributed by atoms with E-state index in [9.17, 15) is 9.59 Å². The lowest BCUT2D eigenvalue weighted by atomic mass is 9.90. The van der Waals surface area contributed by atoms with Crippen molar-refractivity contribution in [2.24, 2.45) is 0 Å². The molecule has 3 aromatic rings. The predicted octanol–water partition coefficient (Wildman–Crippen LogP) is 3.70. The van der Waals surface area contributed by atoms with Gasteiger partial charge in [0.2, 0.25) is 5.91 Å². The fourth-order valence-corrected chi connectivity index (χ4v) is 5.50. The van der Waals surface area contributed by atoms with Crippen molar-refractivity contribution < 1.29 is 9.59 Å². The van der Waals surface area contributed by atoms with Gasteiger partial charge < -0.3 is 15.2 Å². The van der Waals surface area contributed by atoms with Gasteiger partial charge in [0, 0.05) is 34.6 Å². The van der Waals surface area contributed by atoms with Crippen molar-refractivity contribution in [1.29, 1.82) is 0 Å². The minimum Gasteiger partial charge on any atom is -0.356 e. The molecule has 5 nitrogen and oxygen atoms in total. The molecule has 2 aliphatic heterocycles. The lowest BCUT2D eigenvalue weighted by Crippen LogP contribution is -2.53. The van der Waals surface area contributed by atoms with Crippen LogP contribution in [0, 0.1) is 0 Å². The number of para-hydroxylation sites is 1. The number of hydrogen-bond acceptors (Lipinski definition) is 2. The van der Waals surface area contributed by atoms with E-state index in [1.807, 2.05) is 41.3 Å². The molecule has 3 aliphatic rings. The van der Waals surface area contributed by atoms with Crippen LogP contribution in [-0.4, -0.2) is 33.8 Å². The van der Waals surface area contributed by atoms with Crippen LogP contribution < -0.4 is 5.32 Å². The number of carbonyl (C=O) groups is 2. The minimum atomic E-state index is -0.479. The highest BCUT2D eigenvalue weighted by Gasteiger charge is 2.49. The number of hydrogen-bond donors (Lipinski definition) is 2. The molecule has 6 rings (SSSR count). The van der Waals surface area contributed by atoms with Crippen LogP contribution in [0.25, 0.3) is 10.9 Å². The number of amides is 2. The lowest BCUT2D eigenvalue weighted by Gasteiger charge is -2.37. The SMILES string of the molecule is O=C(NC1CCCC1)[C@@H]1Cc2c([nH]c3ccccc23)[C@@H]2c3ccccc3C(=O)N21. The molecule has 0 bridgehead atoms. The summed E-state index contributed by atoms with van der Waals surface area (Å²) in [6, 6.07) is 15.5. The maximum atomic E-state index is 13.3. The Balaban J connectivity index is 1.49. The summed E-state index contributed by atoms with van der Waals surface area (Å²) >= 11 is 0. The van der Waals surface area contributed by atoms with E-state index in [1.165, 1.54) is 12.8 Å². The number of nitrogens with one attached hydrogen (secondary N) is 2. The number of carbonyl (C=O) groups excluding carboxylic acids is 2. The zero-order valence-corrected chi connectivity index (χ0v) is 16.2. The van der Waals surface area contributed by atoms with Gasteiger partial charge in [-0.3, -0.25) is 9.59 Å². The first-order valence-corrected chi connectivity index (χ1v) is 10.5. The summed E-state index contributed by atoms with van der Waals surface area (Å²) in [7, 11) is 0. The minimum absolute atomic E-state index is 0.0148. The highest BCUT2D eigenvalue weighted by atomic mass is 16.2. The van der Waals surface area contributed by atoms with E-state index in [1.54, 1.807) is 0 Å². The molecule has 2 N–H and O–H groups in total. The second-order valence-electron chi connectivity index (χ2n) is 8.47. The van der Waals surface area contributed by atoms with Crippen LogP contribution in [0.15, 0.2) is 48.5 Å². The molecule has 0 radical (unpaired) electrons. The number of fused-ring (bicyclic) bond motifs is 7. The zero-order valence-electron chi connectivity index (χ0n) is 16.2. The quantitative estimate of drug-likeness (QED) is 0.706. The van der Waals surface area contributed by atoms with Gasteiger partial charge >= 0.3 is 0 Å². The van der Waals surface area contributed by atoms with Crippen LogP contribution in [-0.2, 0) is 11.2 Å². The van der Waals surface area contributed by atoms with E-state index in [2.05, 4.69) is 22.4 Å². The van der Waals surface area contributed by atoms with Crippen LogP contribution in [0.5, 0.6) is 0 Å². The highest BCUT2D eigenvalue weighted by Crippen LogP contribution is 2.46. The van der Waals surface area contributed by atoms with E-state index in [4.69, 9.17) is 0 Å². The molecule has 3 heterocycles. The van der Waals surface area contributed by atoms with Crippen LogP contribution in [0.1, 0.15) is 58.9 Å². The van der Waals surface area contributed by atoms with Gasteiger partial charge in [0.05, 0.1) is 6.04 Å². The summed E-state index contributed by atoms with van der Waals surface area (Å²) in [6.45, 7) is 0. The summed E-state index contributed by atoms with van der Waals surface area (Å²) in [5.41, 5.74) is 4.98. The first-order chi connectivity index (χ1) is 14.2. The van der Waals surface area contributed by atoms with Crippen molar-refractivity contribution in [3.8, 4) is 0 Å². The Morgan fingerprint density at radius 1 is 1.03 bits per heavy atom. The number of rotatable bonds is 2. The standard InChI is InChI=1S/C24H23N3O2/c28-23(25-14-7-1-2-8-14)20-13-18-15-9-5-6-12-19(15)26-21(18)22-16-10-3-4-11-17(16)24(29)27(20)22/h3-6,9-12,14,20,22,26H,1-2,7-8,13H2,(H,25,28)/t20-,22-/m0/s1. The molecule has 2 aromatic carbocycles. The smallest absolute Gasteiger partial charge is 0.255 e. The average molecular weight is 385 g/mol. The third-order valence-electron chi connectivity index (χ3n) is 6.86. The molecule has 0 unspecified atom stereocenters. The number of aromatic amines is 1. The Bertz CT molecular complexity index is 1140. The predicted molar refractivity (Wildman–Crippen MR) is 111 cm³/mol. The summed E-state index contributed by atoms with van der Waals surface area (Å²) in [6.07, 6.45) is 4.95. The van der Waals surface area contributed by atoms with Gasteiger partial charge in [-0.2, -0.15) is 0 Å². The van der Waals surface area contributed by atoms with Gasteiger partial charge in [-0.25, -0.2) is 0 Å². The van der Waals surface area contributed by atoms with Crippen LogP contribution >= 0.6 is 0 Å². The van der Waals surface area contributed by atoms with Crippen LogP contribution in [0.3, 0.4) is 0 Å². The average Bonchev–Trinajstić information content (AvgIpc) is 3.45. The Hall–Kier alpha value is -3.08. The number of H-pyrrole nitrogens is 1. The maximum absolute atomic E-state index is 13.3. The third kappa shape index (κ3) is 2.40. The van der Waals surface area contributed by atoms with Crippen molar-refractivity contribution in [2.45, 2.75) is 50.2 Å². The molecule has 1 aromatic heterocycles. The molecular formula is C24H23N3O2. The summed E-state index contributed by atoms with van der Waals surface area (Å²) < 4.78 is 0. The summed E-state index contributed by atoms with van der Waals surface area (Å²) in [4.78, 5) is 32.1. The number of aromatic nitrogens is 1. The molecule has 1 saturated carbocycles. The fraction of sp³-hybridized carbons (Fsp3) is 0.333. The molecule has 2 amide bonds. The van der Waals surface area contributed by atoms with Crippen molar-refractivity contribution in [3.63, 3.8) is 0 Å². The first kappa shape index (κ1) is 16.8. The molecular weight excluding hydrogens is 362 g/mol. The second-order valence-corrected chi connectivity index (χ2v) is 8.47. The van der Waals surface area contributed by atoms with Gasteiger partial charge in [-0.15, -0.1) is 0 Å². The largest absolute Gasteiger partial charge is 0.356 e. The summed E-state index contributed by atoms with van der Waals surface area (Å²) in [5, 5.41) is 4.39. The molecule has 0 spiro atoms. The maximum Gasteiger partial charge on any atom is 0.255 e. The molecule has 29 heavy (non-hydrogen) atoms. The van der Waals surface area contributed by atoms with Crippen molar-refractivity contribution in [1.82, 2.24) is 15.2 Å². The molecule has 1 fully saturated rings. The third-order valence-corrected chi connectivity index (χ3v) is 6.86. The van der Waals surface area contributed by atoms with Crippen molar-refractivity contribution >= 4 is 22.7 Å². The Labute approximate surface area is 169 Å². The number of nitrogens with zero attached hydrogens (tertiary/aromatic N) is 1. The summed E-state index contributed by atoms with van der Waals surface area (Å²) in [5.74, 6) is -0.0551. The molecule has 1 aliphatic carbocycles. The van der Waals surface area contributed by atoms with E-state index < -0.39 is 6.04 Å². The molecule has 146 valence electrons. The Morgan fingerprint density at radius 2 is 1.79 bits per heavy atom. The van der Waals surface area contributed by atoms with Gasteiger partial charge in [-0.1, -0.05) is 49.2 Å². The number of benzene rings is 2. The van der Waals surface area contributed by atoms with Crippen LogP contribution in [0.2, 0.25) is 0 Å². The van der Waals surface area contributed by atoms with Gasteiger partial charge in [0.15, 0.2) is 0 Å². The van der Waals surface area contributed by atoms with Crippen LogP contribution in [0.4, 0.5) is 0 Å². The zero-order chi connectivity index (χ0) is 19.5. The molecule has 0 saturated heterocycles. The van der Waals surface area contributed by atoms with Crippen molar-refractivity contribution in [3.05, 3.63) is 70.9 Å². The highest BCUT2D eigenvalue weighted by molar-refractivity contribution is 6.03. The fourth-order valence-electron chi connectivity index (χ4n) is 5.50. The van der Waals surface area contributed by atoms with Gasteiger partial charge in [-0.05, 0) is 36.1 Å². The Kier molecular flexibility index (Phi) is 3.60. The van der Waals surface area contributed by atoms with E-state index in [0.717, 1.165) is 40.6 Å². The normalized spacial score (nSPS) is 23.2. The molecule has 5 heteroatoms. The van der Waals surface area contributed by atoms with E-state index in [0.29, 0.717) is 12.0 Å². The molecule has 2 atom stereocenters. The van der Waals surface area contributed by atoms with Gasteiger partial charge in [0.1, 0.15) is 6.04 Å². The first-order valence-electron chi connectivity index (χ1n) is 10.5. The van der Waals surface area contributed by atoms with Crippen molar-refractivity contribution in [2.75, 3.05) is 0 Å². The van der Waals surface area contributed by atoms with E-state index in [-0.39, 0.29) is 23.9 Å².